The number of ether oxygens (including phenoxy) is 2. The van der Waals surface area contributed by atoms with E-state index >= 15 is 0 Å². The molecule has 5 nitrogen and oxygen atoms in total. The summed E-state index contributed by atoms with van der Waals surface area (Å²) < 4.78 is 16.6. The van der Waals surface area contributed by atoms with Gasteiger partial charge in [0.1, 0.15) is 19.0 Å². The summed E-state index contributed by atoms with van der Waals surface area (Å²) in [6, 6.07) is 3.64. The third kappa shape index (κ3) is 2.35. The molecule has 0 unspecified atom stereocenters. The SMILES string of the molecule is Cc1nc(Sc2cc3c(cc2N)OCCO3)oc1C. The number of benzene rings is 1. The molecular weight excluding hydrogens is 264 g/mol. The van der Waals surface area contributed by atoms with Gasteiger partial charge in [0.25, 0.3) is 5.22 Å². The van der Waals surface area contributed by atoms with Gasteiger partial charge in [0, 0.05) is 22.7 Å². The second-order valence-electron chi connectivity index (χ2n) is 4.26. The molecule has 2 aromatic rings. The molecule has 2 N–H and O–H groups in total. The van der Waals surface area contributed by atoms with Crippen molar-refractivity contribution < 1.29 is 13.9 Å². The largest absolute Gasteiger partial charge is 0.486 e. The fraction of sp³-hybridized carbons (Fsp3) is 0.308. The summed E-state index contributed by atoms with van der Waals surface area (Å²) in [4.78, 5) is 5.18. The molecule has 0 spiro atoms. The Labute approximate surface area is 115 Å². The van der Waals surface area contributed by atoms with Crippen molar-refractivity contribution in [1.82, 2.24) is 4.98 Å². The van der Waals surface area contributed by atoms with Gasteiger partial charge >= 0.3 is 0 Å². The van der Waals surface area contributed by atoms with Crippen LogP contribution in [0.4, 0.5) is 5.69 Å². The maximum atomic E-state index is 6.01. The van der Waals surface area contributed by atoms with E-state index in [0.29, 0.717) is 35.6 Å². The molecular formula is C13H14N2O3S. The van der Waals surface area contributed by atoms with Gasteiger partial charge in [-0.3, -0.25) is 0 Å². The molecule has 3 rings (SSSR count). The molecule has 100 valence electrons. The van der Waals surface area contributed by atoms with Crippen LogP contribution in [0.15, 0.2) is 26.7 Å². The van der Waals surface area contributed by atoms with Crippen LogP contribution in [-0.2, 0) is 0 Å². The monoisotopic (exact) mass is 278 g/mol. The van der Waals surface area contributed by atoms with Gasteiger partial charge in [0.2, 0.25) is 0 Å². The van der Waals surface area contributed by atoms with Crippen LogP contribution in [0.5, 0.6) is 11.5 Å². The van der Waals surface area contributed by atoms with E-state index in [0.717, 1.165) is 16.3 Å². The lowest BCUT2D eigenvalue weighted by Crippen LogP contribution is -2.15. The minimum absolute atomic E-state index is 0.553. The van der Waals surface area contributed by atoms with E-state index < -0.39 is 0 Å². The maximum absolute atomic E-state index is 6.01. The first-order valence-electron chi connectivity index (χ1n) is 5.94. The van der Waals surface area contributed by atoms with Crippen LogP contribution in [-0.4, -0.2) is 18.2 Å². The van der Waals surface area contributed by atoms with Crippen molar-refractivity contribution in [1.29, 1.82) is 0 Å². The molecule has 0 bridgehead atoms. The summed E-state index contributed by atoms with van der Waals surface area (Å²) in [5, 5.41) is 0.582. The lowest BCUT2D eigenvalue weighted by atomic mass is 10.2. The minimum atomic E-state index is 0.553. The van der Waals surface area contributed by atoms with Crippen molar-refractivity contribution in [2.24, 2.45) is 0 Å². The van der Waals surface area contributed by atoms with Gasteiger partial charge in [-0.2, -0.15) is 0 Å². The van der Waals surface area contributed by atoms with E-state index in [4.69, 9.17) is 19.6 Å². The Morgan fingerprint density at radius 1 is 1.16 bits per heavy atom. The van der Waals surface area contributed by atoms with Crippen LogP contribution < -0.4 is 15.2 Å². The highest BCUT2D eigenvalue weighted by atomic mass is 32.2. The Morgan fingerprint density at radius 2 is 1.84 bits per heavy atom. The van der Waals surface area contributed by atoms with Gasteiger partial charge in [-0.1, -0.05) is 0 Å². The van der Waals surface area contributed by atoms with Crippen molar-refractivity contribution in [3.63, 3.8) is 0 Å². The Hall–Kier alpha value is -1.82. The van der Waals surface area contributed by atoms with Crippen LogP contribution in [0.1, 0.15) is 11.5 Å². The third-order valence-electron chi connectivity index (χ3n) is 2.88. The molecule has 0 saturated heterocycles. The lowest BCUT2D eigenvalue weighted by molar-refractivity contribution is 0.171. The molecule has 0 fully saturated rings. The van der Waals surface area contributed by atoms with E-state index in [2.05, 4.69) is 4.98 Å². The number of nitrogens with two attached hydrogens (primary N) is 1. The zero-order valence-electron chi connectivity index (χ0n) is 10.7. The summed E-state index contributed by atoms with van der Waals surface area (Å²) in [5.74, 6) is 2.22. The predicted octanol–water partition coefficient (Wildman–Crippen LogP) is 2.80. The first kappa shape index (κ1) is 12.2. The van der Waals surface area contributed by atoms with Crippen molar-refractivity contribution in [2.45, 2.75) is 24.0 Å². The molecule has 0 radical (unpaired) electrons. The second-order valence-corrected chi connectivity index (χ2v) is 5.25. The van der Waals surface area contributed by atoms with Gasteiger partial charge < -0.3 is 19.6 Å². The second kappa shape index (κ2) is 4.70. The molecule has 0 aliphatic carbocycles. The normalized spacial score (nSPS) is 13.6. The number of hydrogen-bond donors (Lipinski definition) is 1. The van der Waals surface area contributed by atoms with E-state index in [-0.39, 0.29) is 0 Å². The first-order chi connectivity index (χ1) is 9.13. The fourth-order valence-electron chi connectivity index (χ4n) is 1.76. The van der Waals surface area contributed by atoms with Crippen molar-refractivity contribution >= 4 is 17.4 Å². The summed E-state index contributed by atoms with van der Waals surface area (Å²) in [7, 11) is 0. The number of oxazole rings is 1. The standard InChI is InChI=1S/C13H14N2O3S/c1-7-8(2)18-13(15-7)19-12-6-11-10(5-9(12)14)16-3-4-17-11/h5-6H,3-4,14H2,1-2H3. The Bertz CT molecular complexity index is 605. The van der Waals surface area contributed by atoms with Gasteiger partial charge in [0.15, 0.2) is 11.5 Å². The highest BCUT2D eigenvalue weighted by Crippen LogP contribution is 2.41. The number of rotatable bonds is 2. The van der Waals surface area contributed by atoms with Gasteiger partial charge in [-0.15, -0.1) is 0 Å². The topological polar surface area (TPSA) is 70.5 Å². The minimum Gasteiger partial charge on any atom is -0.486 e. The quantitative estimate of drug-likeness (QED) is 0.852. The van der Waals surface area contributed by atoms with Crippen molar-refractivity contribution in [2.75, 3.05) is 18.9 Å². The summed E-state index contributed by atoms with van der Waals surface area (Å²) in [6.45, 7) is 4.91. The van der Waals surface area contributed by atoms with E-state index in [1.165, 1.54) is 11.8 Å². The van der Waals surface area contributed by atoms with E-state index in [9.17, 15) is 0 Å². The summed E-state index contributed by atoms with van der Waals surface area (Å²) in [5.41, 5.74) is 7.53. The number of anilines is 1. The van der Waals surface area contributed by atoms with Crippen LogP contribution in [0.2, 0.25) is 0 Å². The van der Waals surface area contributed by atoms with Gasteiger partial charge in [-0.05, 0) is 25.6 Å². The molecule has 6 heteroatoms. The van der Waals surface area contributed by atoms with Crippen LogP contribution >= 0.6 is 11.8 Å². The van der Waals surface area contributed by atoms with E-state index in [1.54, 1.807) is 6.07 Å². The number of fused-ring (bicyclic) bond motifs is 1. The number of nitrogens with zero attached hydrogens (tertiary/aromatic N) is 1. The molecule has 0 atom stereocenters. The van der Waals surface area contributed by atoms with Crippen LogP contribution in [0.25, 0.3) is 0 Å². The molecule has 19 heavy (non-hydrogen) atoms. The summed E-state index contributed by atoms with van der Waals surface area (Å²) in [6.07, 6.45) is 0. The first-order valence-corrected chi connectivity index (χ1v) is 6.76. The smallest absolute Gasteiger partial charge is 0.261 e. The summed E-state index contributed by atoms with van der Waals surface area (Å²) >= 11 is 1.38. The Balaban J connectivity index is 1.92. The predicted molar refractivity (Wildman–Crippen MR) is 71.9 cm³/mol. The number of aryl methyl sites for hydroxylation is 2. The Morgan fingerprint density at radius 3 is 2.47 bits per heavy atom. The molecule has 2 heterocycles. The number of hydrogen-bond acceptors (Lipinski definition) is 6. The number of nitrogen functional groups attached to an aromatic ring is 1. The lowest BCUT2D eigenvalue weighted by Gasteiger charge is -2.19. The van der Waals surface area contributed by atoms with Crippen LogP contribution in [0, 0.1) is 13.8 Å². The van der Waals surface area contributed by atoms with Crippen molar-refractivity contribution in [3.8, 4) is 11.5 Å². The average molecular weight is 278 g/mol. The highest BCUT2D eigenvalue weighted by molar-refractivity contribution is 7.99. The highest BCUT2D eigenvalue weighted by Gasteiger charge is 2.17. The van der Waals surface area contributed by atoms with Crippen molar-refractivity contribution in [3.05, 3.63) is 23.6 Å². The molecule has 1 aliphatic heterocycles. The zero-order chi connectivity index (χ0) is 13.4. The third-order valence-corrected chi connectivity index (χ3v) is 3.80. The molecule has 0 amide bonds. The van der Waals surface area contributed by atoms with Gasteiger partial charge in [-0.25, -0.2) is 4.98 Å². The molecule has 1 aromatic carbocycles. The van der Waals surface area contributed by atoms with Crippen LogP contribution in [0.3, 0.4) is 0 Å². The van der Waals surface area contributed by atoms with E-state index in [1.807, 2.05) is 19.9 Å². The fourth-order valence-corrected chi connectivity index (χ4v) is 2.64. The molecule has 1 aromatic heterocycles. The van der Waals surface area contributed by atoms with Gasteiger partial charge in [0.05, 0.1) is 5.69 Å². The Kier molecular flexibility index (Phi) is 3.02. The number of aromatic nitrogens is 1. The average Bonchev–Trinajstić information content (AvgIpc) is 2.69. The zero-order valence-corrected chi connectivity index (χ0v) is 11.5. The molecule has 0 saturated carbocycles. The maximum Gasteiger partial charge on any atom is 0.261 e. The molecule has 1 aliphatic rings.